The molecule has 0 bridgehead atoms. The van der Waals surface area contributed by atoms with Crippen LogP contribution in [-0.4, -0.2) is 22.5 Å². The number of nitro groups is 1. The highest BCUT2D eigenvalue weighted by Gasteiger charge is 2.16. The second kappa shape index (κ2) is 5.60. The van der Waals surface area contributed by atoms with Crippen LogP contribution in [0.5, 0.6) is 0 Å². The van der Waals surface area contributed by atoms with Gasteiger partial charge >= 0.3 is 0 Å². The van der Waals surface area contributed by atoms with Crippen molar-refractivity contribution in [3.63, 3.8) is 0 Å². The Balaban J connectivity index is 2.34. The summed E-state index contributed by atoms with van der Waals surface area (Å²) < 4.78 is 5.48. The first-order valence-electron chi connectivity index (χ1n) is 4.54. The molecule has 5 heteroatoms. The molecule has 1 fully saturated rings. The van der Waals surface area contributed by atoms with Crippen LogP contribution >= 0.6 is 11.8 Å². The number of hydrogen-bond donors (Lipinski definition) is 0. The van der Waals surface area contributed by atoms with Crippen molar-refractivity contribution >= 4 is 11.8 Å². The van der Waals surface area contributed by atoms with Crippen molar-refractivity contribution in [1.82, 2.24) is 0 Å². The average Bonchev–Trinajstić information content (AvgIpc) is 2.66. The van der Waals surface area contributed by atoms with E-state index in [0.29, 0.717) is 5.76 Å². The third-order valence-electron chi connectivity index (χ3n) is 1.90. The van der Waals surface area contributed by atoms with E-state index in [9.17, 15) is 10.1 Å². The minimum Gasteiger partial charge on any atom is -0.490 e. The third-order valence-corrected chi connectivity index (χ3v) is 3.03. The topological polar surface area (TPSA) is 52.4 Å². The van der Waals surface area contributed by atoms with Crippen LogP contribution in [0.3, 0.4) is 0 Å². The van der Waals surface area contributed by atoms with Gasteiger partial charge in [0.05, 0.1) is 4.92 Å². The molecule has 0 amide bonds. The molecule has 1 aliphatic heterocycles. The summed E-state index contributed by atoms with van der Waals surface area (Å²) >= 11 is 1.84. The van der Waals surface area contributed by atoms with E-state index in [2.05, 4.69) is 13.2 Å². The largest absolute Gasteiger partial charge is 0.490 e. The molecule has 1 saturated heterocycles. The fourth-order valence-electron chi connectivity index (χ4n) is 1.11. The van der Waals surface area contributed by atoms with E-state index in [0.717, 1.165) is 17.9 Å². The number of hydrogen-bond acceptors (Lipinski definition) is 4. The molecule has 1 heterocycles. The summed E-state index contributed by atoms with van der Waals surface area (Å²) in [4.78, 5) is 9.69. The maximum Gasteiger partial charge on any atom is 0.262 e. The SMILES string of the molecule is C=C(/C=C\C(=C)[N+](=O)[O-])OC1CCSC1. The number of nitrogens with zero attached hydrogens (tertiary/aromatic N) is 1. The number of ether oxygens (including phenoxy) is 1. The molecule has 0 N–H and O–H groups in total. The summed E-state index contributed by atoms with van der Waals surface area (Å²) in [7, 11) is 0. The average molecular weight is 227 g/mol. The van der Waals surface area contributed by atoms with Gasteiger partial charge in [0.2, 0.25) is 0 Å². The van der Waals surface area contributed by atoms with Gasteiger partial charge in [-0.1, -0.05) is 6.58 Å². The Kier molecular flexibility index (Phi) is 4.42. The van der Waals surface area contributed by atoms with E-state index in [1.807, 2.05) is 11.8 Å². The second-order valence-electron chi connectivity index (χ2n) is 3.15. The summed E-state index contributed by atoms with van der Waals surface area (Å²) in [6, 6.07) is 0. The number of thioether (sulfide) groups is 1. The maximum atomic E-state index is 10.2. The summed E-state index contributed by atoms with van der Waals surface area (Å²) in [5.74, 6) is 2.51. The molecular formula is C10H13NO3S. The fraction of sp³-hybridized carbons (Fsp3) is 0.400. The van der Waals surface area contributed by atoms with Crippen molar-refractivity contribution in [2.45, 2.75) is 12.5 Å². The lowest BCUT2D eigenvalue weighted by Gasteiger charge is -2.11. The van der Waals surface area contributed by atoms with E-state index >= 15 is 0 Å². The Bertz CT molecular complexity index is 306. The van der Waals surface area contributed by atoms with Gasteiger partial charge in [-0.3, -0.25) is 10.1 Å². The molecule has 82 valence electrons. The zero-order chi connectivity index (χ0) is 11.3. The van der Waals surface area contributed by atoms with Crippen LogP contribution in [-0.2, 0) is 4.74 Å². The molecule has 0 aromatic heterocycles. The van der Waals surface area contributed by atoms with E-state index in [4.69, 9.17) is 4.74 Å². The van der Waals surface area contributed by atoms with Gasteiger partial charge in [0, 0.05) is 11.8 Å². The zero-order valence-corrected chi connectivity index (χ0v) is 9.16. The van der Waals surface area contributed by atoms with Crippen LogP contribution in [0.1, 0.15) is 6.42 Å². The van der Waals surface area contributed by atoms with E-state index < -0.39 is 4.92 Å². The molecule has 0 radical (unpaired) electrons. The lowest BCUT2D eigenvalue weighted by molar-refractivity contribution is -0.418. The summed E-state index contributed by atoms with van der Waals surface area (Å²) in [5, 5.41) is 10.2. The van der Waals surface area contributed by atoms with Crippen LogP contribution < -0.4 is 0 Å². The molecule has 0 aromatic carbocycles. The normalized spacial score (nSPS) is 20.4. The van der Waals surface area contributed by atoms with Crippen molar-refractivity contribution in [3.05, 3.63) is 46.9 Å². The Morgan fingerprint density at radius 2 is 2.27 bits per heavy atom. The van der Waals surface area contributed by atoms with Crippen molar-refractivity contribution in [2.75, 3.05) is 11.5 Å². The highest BCUT2D eigenvalue weighted by molar-refractivity contribution is 7.99. The van der Waals surface area contributed by atoms with Crippen LogP contribution in [0.2, 0.25) is 0 Å². The highest BCUT2D eigenvalue weighted by Crippen LogP contribution is 2.22. The lowest BCUT2D eigenvalue weighted by atomic mass is 10.3. The van der Waals surface area contributed by atoms with Gasteiger partial charge in [-0.05, 0) is 24.8 Å². The lowest BCUT2D eigenvalue weighted by Crippen LogP contribution is -2.09. The van der Waals surface area contributed by atoms with Crippen molar-refractivity contribution in [2.24, 2.45) is 0 Å². The van der Waals surface area contributed by atoms with E-state index in [-0.39, 0.29) is 11.8 Å². The van der Waals surface area contributed by atoms with Gasteiger partial charge in [-0.15, -0.1) is 0 Å². The molecular weight excluding hydrogens is 214 g/mol. The van der Waals surface area contributed by atoms with Gasteiger partial charge in [-0.25, -0.2) is 0 Å². The van der Waals surface area contributed by atoms with Gasteiger partial charge in [0.1, 0.15) is 11.9 Å². The predicted octanol–water partition coefficient (Wildman–Crippen LogP) is 2.37. The Hall–Kier alpha value is -1.23. The summed E-state index contributed by atoms with van der Waals surface area (Å²) in [5.41, 5.74) is -0.166. The highest BCUT2D eigenvalue weighted by atomic mass is 32.2. The molecule has 1 rings (SSSR count). The van der Waals surface area contributed by atoms with Gasteiger partial charge < -0.3 is 4.74 Å². The van der Waals surface area contributed by atoms with Crippen molar-refractivity contribution < 1.29 is 9.66 Å². The monoisotopic (exact) mass is 227 g/mol. The zero-order valence-electron chi connectivity index (χ0n) is 8.35. The minimum atomic E-state index is -0.546. The minimum absolute atomic E-state index is 0.166. The molecule has 0 aromatic rings. The third kappa shape index (κ3) is 4.20. The molecule has 0 spiro atoms. The standard InChI is InChI=1S/C10H13NO3S/c1-8(11(12)13)3-4-9(2)14-10-5-6-15-7-10/h3-4,10H,1-2,5-7H2/b4-3-. The van der Waals surface area contributed by atoms with Crippen LogP contribution in [0.4, 0.5) is 0 Å². The quantitative estimate of drug-likeness (QED) is 0.313. The Morgan fingerprint density at radius 1 is 1.53 bits per heavy atom. The molecule has 1 atom stereocenters. The summed E-state index contributed by atoms with van der Waals surface area (Å²) in [6.07, 6.45) is 3.97. The maximum absolute atomic E-state index is 10.2. The second-order valence-corrected chi connectivity index (χ2v) is 4.30. The van der Waals surface area contributed by atoms with E-state index in [1.165, 1.54) is 12.2 Å². The molecule has 1 unspecified atom stereocenters. The summed E-state index contributed by atoms with van der Waals surface area (Å²) in [6.45, 7) is 6.94. The molecule has 0 aliphatic carbocycles. The predicted molar refractivity (Wildman–Crippen MR) is 61.2 cm³/mol. The Labute approximate surface area is 92.8 Å². The van der Waals surface area contributed by atoms with Gasteiger partial charge in [0.15, 0.2) is 0 Å². The van der Waals surface area contributed by atoms with Crippen molar-refractivity contribution in [3.8, 4) is 0 Å². The van der Waals surface area contributed by atoms with Gasteiger partial charge in [0.25, 0.3) is 5.70 Å². The van der Waals surface area contributed by atoms with E-state index in [1.54, 1.807) is 0 Å². The molecule has 4 nitrogen and oxygen atoms in total. The number of allylic oxidation sites excluding steroid dienone is 2. The molecule has 15 heavy (non-hydrogen) atoms. The first kappa shape index (κ1) is 11.8. The van der Waals surface area contributed by atoms with Crippen molar-refractivity contribution in [1.29, 1.82) is 0 Å². The first-order valence-corrected chi connectivity index (χ1v) is 5.69. The number of rotatable bonds is 5. The molecule has 0 saturated carbocycles. The van der Waals surface area contributed by atoms with Crippen LogP contribution in [0.15, 0.2) is 36.8 Å². The molecule has 1 aliphatic rings. The van der Waals surface area contributed by atoms with Gasteiger partial charge in [-0.2, -0.15) is 11.8 Å². The van der Waals surface area contributed by atoms with Crippen LogP contribution in [0.25, 0.3) is 0 Å². The van der Waals surface area contributed by atoms with Crippen LogP contribution in [0, 0.1) is 10.1 Å². The fourth-order valence-corrected chi connectivity index (χ4v) is 2.20. The first-order chi connectivity index (χ1) is 7.09. The smallest absolute Gasteiger partial charge is 0.262 e. The Morgan fingerprint density at radius 3 is 2.80 bits per heavy atom.